The van der Waals surface area contributed by atoms with Crippen molar-refractivity contribution in [1.82, 2.24) is 4.40 Å². The first kappa shape index (κ1) is 16.2. The summed E-state index contributed by atoms with van der Waals surface area (Å²) in [4.78, 5) is 13.3. The fraction of sp³-hybridized carbons (Fsp3) is 0.150. The van der Waals surface area contributed by atoms with Gasteiger partial charge in [0.15, 0.2) is 0 Å². The quantitative estimate of drug-likeness (QED) is 0.439. The van der Waals surface area contributed by atoms with Gasteiger partial charge in [0.25, 0.3) is 0 Å². The lowest BCUT2D eigenvalue weighted by molar-refractivity contribution is -0.142. The lowest BCUT2D eigenvalue weighted by Gasteiger charge is -2.07. The number of hydrogen-bond donors (Lipinski definition) is 0. The second-order valence-corrected chi connectivity index (χ2v) is 7.24. The van der Waals surface area contributed by atoms with E-state index in [0.29, 0.717) is 11.6 Å². The van der Waals surface area contributed by atoms with Crippen LogP contribution in [0.15, 0.2) is 54.6 Å². The van der Waals surface area contributed by atoms with Gasteiger partial charge < -0.3 is 9.14 Å². The number of thiazole rings is 1. The summed E-state index contributed by atoms with van der Waals surface area (Å²) in [6, 6.07) is 18.1. The fourth-order valence-electron chi connectivity index (χ4n) is 3.11. The van der Waals surface area contributed by atoms with E-state index in [1.807, 2.05) is 43.3 Å². The third kappa shape index (κ3) is 2.92. The number of rotatable bonds is 4. The van der Waals surface area contributed by atoms with E-state index in [0.717, 1.165) is 27.2 Å². The first-order valence-corrected chi connectivity index (χ1v) is 9.30. The molecule has 0 radical (unpaired) electrons. The van der Waals surface area contributed by atoms with Crippen LogP contribution in [0.1, 0.15) is 12.6 Å². The molecule has 126 valence electrons. The van der Waals surface area contributed by atoms with Gasteiger partial charge in [-0.05, 0) is 42.8 Å². The van der Waals surface area contributed by atoms with Crippen LogP contribution in [0, 0.1) is 0 Å². The number of halogens is 1. The number of ether oxygens (including phenoxy) is 1. The normalized spacial score (nSPS) is 11.3. The summed E-state index contributed by atoms with van der Waals surface area (Å²) in [7, 11) is 0. The van der Waals surface area contributed by atoms with Crippen LogP contribution in [-0.4, -0.2) is 17.0 Å². The number of para-hydroxylation sites is 1. The van der Waals surface area contributed by atoms with Crippen LogP contribution in [-0.2, 0) is 16.0 Å². The molecular weight excluding hydrogens is 354 g/mol. The third-order valence-electron chi connectivity index (χ3n) is 4.16. The van der Waals surface area contributed by atoms with Crippen molar-refractivity contribution in [2.24, 2.45) is 0 Å². The van der Waals surface area contributed by atoms with Crippen molar-refractivity contribution < 1.29 is 9.53 Å². The van der Waals surface area contributed by atoms with Crippen LogP contribution in [0.25, 0.3) is 26.2 Å². The highest BCUT2D eigenvalue weighted by Gasteiger charge is 2.19. The van der Waals surface area contributed by atoms with Crippen molar-refractivity contribution in [3.05, 3.63) is 65.3 Å². The van der Waals surface area contributed by atoms with Gasteiger partial charge in [-0.25, -0.2) is 0 Å². The monoisotopic (exact) mass is 369 g/mol. The minimum absolute atomic E-state index is 0.215. The Hall–Kier alpha value is -2.30. The first-order valence-electron chi connectivity index (χ1n) is 8.11. The van der Waals surface area contributed by atoms with E-state index in [4.69, 9.17) is 16.3 Å². The van der Waals surface area contributed by atoms with E-state index in [1.54, 1.807) is 11.3 Å². The van der Waals surface area contributed by atoms with E-state index in [1.165, 1.54) is 4.70 Å². The molecule has 0 spiro atoms. The van der Waals surface area contributed by atoms with E-state index in [9.17, 15) is 4.79 Å². The zero-order valence-corrected chi connectivity index (χ0v) is 15.2. The van der Waals surface area contributed by atoms with Gasteiger partial charge >= 0.3 is 5.97 Å². The lowest BCUT2D eigenvalue weighted by Crippen LogP contribution is -2.10. The Bertz CT molecular complexity index is 1060. The van der Waals surface area contributed by atoms with Gasteiger partial charge in [0.2, 0.25) is 0 Å². The van der Waals surface area contributed by atoms with Crippen molar-refractivity contribution >= 4 is 44.0 Å². The molecule has 0 aliphatic rings. The van der Waals surface area contributed by atoms with Crippen molar-refractivity contribution in [2.45, 2.75) is 13.3 Å². The Morgan fingerprint density at radius 1 is 1.16 bits per heavy atom. The summed E-state index contributed by atoms with van der Waals surface area (Å²) in [6.07, 6.45) is 0.237. The third-order valence-corrected chi connectivity index (χ3v) is 5.49. The van der Waals surface area contributed by atoms with Gasteiger partial charge in [-0.1, -0.05) is 35.9 Å². The summed E-state index contributed by atoms with van der Waals surface area (Å²) in [6.45, 7) is 2.21. The first-order chi connectivity index (χ1) is 12.2. The Morgan fingerprint density at radius 3 is 2.68 bits per heavy atom. The van der Waals surface area contributed by atoms with Gasteiger partial charge in [-0.2, -0.15) is 0 Å². The summed E-state index contributed by atoms with van der Waals surface area (Å²) in [5.74, 6) is -0.215. The van der Waals surface area contributed by atoms with E-state index >= 15 is 0 Å². The smallest absolute Gasteiger partial charge is 0.311 e. The van der Waals surface area contributed by atoms with Gasteiger partial charge in [-0.3, -0.25) is 4.79 Å². The molecule has 0 fully saturated rings. The van der Waals surface area contributed by atoms with E-state index in [-0.39, 0.29) is 12.4 Å². The topological polar surface area (TPSA) is 30.7 Å². The Kier molecular flexibility index (Phi) is 4.24. The molecule has 0 aliphatic heterocycles. The van der Waals surface area contributed by atoms with Crippen molar-refractivity contribution in [1.29, 1.82) is 0 Å². The highest BCUT2D eigenvalue weighted by Crippen LogP contribution is 2.36. The molecular formula is C20H16ClNO2S. The van der Waals surface area contributed by atoms with Gasteiger partial charge in [0.1, 0.15) is 4.83 Å². The fourth-order valence-corrected chi connectivity index (χ4v) is 4.35. The van der Waals surface area contributed by atoms with Crippen LogP contribution >= 0.6 is 22.9 Å². The molecule has 0 bridgehead atoms. The lowest BCUT2D eigenvalue weighted by atomic mass is 10.0. The summed E-state index contributed by atoms with van der Waals surface area (Å²) >= 11 is 7.74. The van der Waals surface area contributed by atoms with Crippen LogP contribution in [0.2, 0.25) is 5.02 Å². The van der Waals surface area contributed by atoms with Crippen molar-refractivity contribution in [3.63, 3.8) is 0 Å². The number of esters is 1. The zero-order chi connectivity index (χ0) is 17.4. The van der Waals surface area contributed by atoms with Gasteiger partial charge in [0, 0.05) is 16.3 Å². The predicted molar refractivity (Wildman–Crippen MR) is 104 cm³/mol. The molecule has 4 rings (SSSR count). The molecule has 4 aromatic rings. The molecule has 2 aromatic heterocycles. The maximum Gasteiger partial charge on any atom is 0.311 e. The summed E-state index contributed by atoms with van der Waals surface area (Å²) in [5.41, 5.74) is 4.15. The number of carbonyl (C=O) groups is 1. The van der Waals surface area contributed by atoms with Gasteiger partial charge in [0.05, 0.1) is 23.2 Å². The number of aromatic nitrogens is 1. The number of fused-ring (bicyclic) bond motifs is 3. The number of benzene rings is 2. The van der Waals surface area contributed by atoms with Crippen LogP contribution in [0.5, 0.6) is 0 Å². The minimum Gasteiger partial charge on any atom is -0.466 e. The molecule has 0 amide bonds. The average molecular weight is 370 g/mol. The Balaban J connectivity index is 1.95. The van der Waals surface area contributed by atoms with Crippen molar-refractivity contribution in [3.8, 4) is 11.1 Å². The SMILES string of the molecule is CCOC(=O)Cc1c(-c2ccc(Cl)cc2)cc2sc3ccccc3n12. The van der Waals surface area contributed by atoms with E-state index < -0.39 is 0 Å². The van der Waals surface area contributed by atoms with Crippen LogP contribution < -0.4 is 0 Å². The molecule has 0 aliphatic carbocycles. The maximum atomic E-state index is 12.2. The molecule has 3 nitrogen and oxygen atoms in total. The molecule has 0 atom stereocenters. The molecule has 25 heavy (non-hydrogen) atoms. The average Bonchev–Trinajstić information content (AvgIpc) is 3.13. The van der Waals surface area contributed by atoms with Crippen molar-refractivity contribution in [2.75, 3.05) is 6.61 Å². The number of nitrogens with zero attached hydrogens (tertiary/aromatic N) is 1. The predicted octanol–water partition coefficient (Wildman–Crippen LogP) is 5.58. The highest BCUT2D eigenvalue weighted by molar-refractivity contribution is 7.24. The number of carbonyl (C=O) groups excluding carboxylic acids is 1. The molecule has 2 aromatic carbocycles. The van der Waals surface area contributed by atoms with Crippen LogP contribution in [0.3, 0.4) is 0 Å². The minimum atomic E-state index is -0.215. The summed E-state index contributed by atoms with van der Waals surface area (Å²) in [5, 5.41) is 0.696. The Labute approximate surface area is 154 Å². The molecule has 0 saturated carbocycles. The van der Waals surface area contributed by atoms with Gasteiger partial charge in [-0.15, -0.1) is 11.3 Å². The molecule has 0 N–H and O–H groups in total. The number of hydrogen-bond acceptors (Lipinski definition) is 3. The largest absolute Gasteiger partial charge is 0.466 e. The van der Waals surface area contributed by atoms with Crippen LogP contribution in [0.4, 0.5) is 0 Å². The zero-order valence-electron chi connectivity index (χ0n) is 13.7. The molecule has 5 heteroatoms. The molecule has 2 heterocycles. The Morgan fingerprint density at radius 2 is 1.92 bits per heavy atom. The molecule has 0 unspecified atom stereocenters. The maximum absolute atomic E-state index is 12.2. The summed E-state index contributed by atoms with van der Waals surface area (Å²) < 4.78 is 8.56. The standard InChI is InChI=1S/C20H16ClNO2S/c1-2-24-20(23)12-17-15(13-7-9-14(21)10-8-13)11-19-22(17)16-5-3-4-6-18(16)25-19/h3-11H,2,12H2,1H3. The second-order valence-electron chi connectivity index (χ2n) is 5.74. The highest BCUT2D eigenvalue weighted by atomic mass is 35.5. The second kappa shape index (κ2) is 6.54. The molecule has 0 saturated heterocycles. The van der Waals surface area contributed by atoms with E-state index in [2.05, 4.69) is 22.6 Å².